The van der Waals surface area contributed by atoms with E-state index < -0.39 is 62.4 Å². The number of fused-ring (bicyclic) bond motifs is 1. The van der Waals surface area contributed by atoms with Crippen LogP contribution in [0.3, 0.4) is 0 Å². The molecule has 0 bridgehead atoms. The number of aliphatic hydroxyl groups excluding tert-OH is 1. The monoisotopic (exact) mass is 732 g/mol. The van der Waals surface area contributed by atoms with Gasteiger partial charge in [-0.2, -0.15) is 14.4 Å². The first kappa shape index (κ1) is 39.8. The summed E-state index contributed by atoms with van der Waals surface area (Å²) in [5.74, 6) is -0.0757. The number of esters is 1. The van der Waals surface area contributed by atoms with Crippen LogP contribution in [0.5, 0.6) is 0 Å². The molecule has 1 aliphatic heterocycles. The minimum Gasteiger partial charge on any atom is -0.480 e. The number of nitrogens with two attached hydrogens (primary N) is 1. The number of hydrogen-bond donors (Lipinski definition) is 4. The maximum atomic E-state index is 14.3. The molecule has 278 valence electrons. The molecule has 2 aromatic heterocycles. The second-order valence-corrected chi connectivity index (χ2v) is 14.2. The Morgan fingerprint density at radius 2 is 1.88 bits per heavy atom. The summed E-state index contributed by atoms with van der Waals surface area (Å²) in [4.78, 5) is 36.5. The van der Waals surface area contributed by atoms with Crippen molar-refractivity contribution >= 4 is 36.7 Å². The van der Waals surface area contributed by atoms with Gasteiger partial charge in [0.2, 0.25) is 0 Å². The van der Waals surface area contributed by atoms with Crippen LogP contribution < -0.4 is 10.8 Å². The van der Waals surface area contributed by atoms with E-state index in [0.29, 0.717) is 12.0 Å². The number of ether oxygens (including phenoxy) is 2. The van der Waals surface area contributed by atoms with E-state index in [2.05, 4.69) is 32.9 Å². The number of aliphatic carboxylic acids is 1. The van der Waals surface area contributed by atoms with Crippen molar-refractivity contribution in [1.82, 2.24) is 24.6 Å². The second-order valence-electron chi connectivity index (χ2n) is 12.4. The summed E-state index contributed by atoms with van der Waals surface area (Å²) in [6.07, 6.45) is 10.1. The van der Waals surface area contributed by atoms with Gasteiger partial charge in [0, 0.05) is 6.42 Å². The molecule has 0 aliphatic carbocycles. The van der Waals surface area contributed by atoms with Crippen molar-refractivity contribution in [1.29, 1.82) is 0 Å². The average molecular weight is 733 g/mol. The van der Waals surface area contributed by atoms with E-state index in [-0.39, 0.29) is 36.4 Å². The van der Waals surface area contributed by atoms with Crippen LogP contribution in [0.1, 0.15) is 83.4 Å². The number of aromatic nitrogens is 4. The molecule has 0 saturated carbocycles. The van der Waals surface area contributed by atoms with Crippen molar-refractivity contribution in [2.24, 2.45) is 0 Å². The number of carboxylic acids is 1. The molecule has 3 heterocycles. The molecule has 15 nitrogen and oxygen atoms in total. The molecule has 0 spiro atoms. The summed E-state index contributed by atoms with van der Waals surface area (Å²) in [7, 11) is -4.73. The molecule has 51 heavy (non-hydrogen) atoms. The Morgan fingerprint density at radius 3 is 2.55 bits per heavy atom. The zero-order valence-electron chi connectivity index (χ0n) is 28.8. The fraction of sp³-hybridized carbons (Fsp3) is 0.559. The highest BCUT2D eigenvalue weighted by molar-refractivity contribution is 7.51. The van der Waals surface area contributed by atoms with Crippen molar-refractivity contribution in [2.45, 2.75) is 108 Å². The second kappa shape index (κ2) is 18.5. The summed E-state index contributed by atoms with van der Waals surface area (Å²) in [5.41, 5.74) is 4.48. The first-order valence-electron chi connectivity index (χ1n) is 17.0. The lowest BCUT2D eigenvalue weighted by Crippen LogP contribution is -2.44. The number of hydrogen-bond acceptors (Lipinski definition) is 12. The van der Waals surface area contributed by atoms with Gasteiger partial charge in [-0.1, -0.05) is 88.1 Å². The van der Waals surface area contributed by atoms with Gasteiger partial charge >= 0.3 is 25.8 Å². The first-order chi connectivity index (χ1) is 24.4. The topological polar surface area (TPSA) is 210 Å². The zero-order chi connectivity index (χ0) is 37.0. The standard InChI is InChI=1S/C34H46FN6O9P/c1-4-6-7-8-9-10-11-15-18-47-32(45)23(3)50-51(46,40-25(31(43)44)19-24-16-13-12-14-17-24)48-21-34(5-2)26(42)20-27(49-34)41-22-37-28-29(36)38-33(35)39-30(28)41/h2,12-14,16-17,22-23,25-27,42H,4,6-11,15,18-21H2,1,3H3,(H,40,46)(H,43,44)(H2,36,38,39)/t23?,25?,26-,27+,34+,51?/m0/s1. The number of halogens is 1. The molecule has 3 unspecified atom stereocenters. The van der Waals surface area contributed by atoms with Crippen LogP contribution in [-0.2, 0) is 39.1 Å². The molecule has 1 fully saturated rings. The summed E-state index contributed by atoms with van der Waals surface area (Å²) in [6.45, 7) is 2.81. The van der Waals surface area contributed by atoms with Crippen LogP contribution in [0.2, 0.25) is 0 Å². The van der Waals surface area contributed by atoms with Crippen LogP contribution in [0.15, 0.2) is 36.7 Å². The maximum Gasteiger partial charge on any atom is 0.407 e. The molecule has 5 N–H and O–H groups in total. The Hall–Kier alpha value is -3.97. The number of terminal acetylenes is 1. The van der Waals surface area contributed by atoms with E-state index in [9.17, 15) is 28.8 Å². The van der Waals surface area contributed by atoms with Crippen molar-refractivity contribution in [3.63, 3.8) is 0 Å². The van der Waals surface area contributed by atoms with Crippen molar-refractivity contribution < 1.29 is 47.3 Å². The number of carbonyl (C=O) groups is 2. The smallest absolute Gasteiger partial charge is 0.407 e. The zero-order valence-corrected chi connectivity index (χ0v) is 29.7. The van der Waals surface area contributed by atoms with Crippen molar-refractivity contribution in [2.75, 3.05) is 18.9 Å². The molecule has 1 aromatic carbocycles. The van der Waals surface area contributed by atoms with Crippen LogP contribution >= 0.6 is 7.75 Å². The van der Waals surface area contributed by atoms with Gasteiger partial charge in [0.05, 0.1) is 12.9 Å². The number of nitrogens with one attached hydrogen (secondary N) is 1. The minimum absolute atomic E-state index is 0.0221. The molecular formula is C34H46FN6O9P. The van der Waals surface area contributed by atoms with E-state index >= 15 is 0 Å². The molecule has 17 heteroatoms. The lowest BCUT2D eigenvalue weighted by molar-refractivity contribution is -0.152. The number of aliphatic hydroxyl groups is 1. The average Bonchev–Trinajstić information content (AvgIpc) is 3.67. The third-order valence-corrected chi connectivity index (χ3v) is 10.2. The largest absolute Gasteiger partial charge is 0.480 e. The Labute approximate surface area is 296 Å². The van der Waals surface area contributed by atoms with Gasteiger partial charge in [0.15, 0.2) is 28.7 Å². The maximum absolute atomic E-state index is 14.3. The number of nitrogen functional groups attached to an aromatic ring is 1. The molecule has 0 radical (unpaired) electrons. The van der Waals surface area contributed by atoms with Gasteiger partial charge in [-0.05, 0) is 25.3 Å². The highest BCUT2D eigenvalue weighted by atomic mass is 31.2. The number of rotatable bonds is 21. The molecule has 3 aromatic rings. The number of nitrogens with zero attached hydrogens (tertiary/aromatic N) is 4. The number of carboxylic acid groups (broad SMARTS) is 1. The predicted octanol–water partition coefficient (Wildman–Crippen LogP) is 4.70. The van der Waals surface area contributed by atoms with E-state index in [1.54, 1.807) is 30.3 Å². The van der Waals surface area contributed by atoms with Gasteiger partial charge in [-0.25, -0.2) is 19.4 Å². The normalized spacial score (nSPS) is 21.2. The molecule has 4 rings (SSSR count). The van der Waals surface area contributed by atoms with Crippen molar-refractivity contribution in [3.8, 4) is 12.3 Å². The SMILES string of the molecule is C#C[C@]1(COP(=O)(NC(Cc2ccccc2)C(=O)O)OC(C)C(=O)OCCCCCCCCCC)O[C@@H](n2cnc3c(N)nc(F)nc32)C[C@@H]1O. The number of anilines is 1. The molecule has 0 amide bonds. The Bertz CT molecular complexity index is 1710. The third-order valence-electron chi connectivity index (χ3n) is 8.50. The minimum atomic E-state index is -4.73. The van der Waals surface area contributed by atoms with E-state index in [1.165, 1.54) is 37.1 Å². The van der Waals surface area contributed by atoms with E-state index in [1.807, 2.05) is 0 Å². The van der Waals surface area contributed by atoms with E-state index in [4.69, 9.17) is 30.7 Å². The summed E-state index contributed by atoms with van der Waals surface area (Å²) < 4.78 is 52.3. The third kappa shape index (κ3) is 10.8. The van der Waals surface area contributed by atoms with Crippen molar-refractivity contribution in [3.05, 3.63) is 48.3 Å². The van der Waals surface area contributed by atoms with Gasteiger partial charge in [0.1, 0.15) is 25.0 Å². The lowest BCUT2D eigenvalue weighted by Gasteiger charge is -2.30. The fourth-order valence-electron chi connectivity index (χ4n) is 5.63. The number of carbonyl (C=O) groups excluding carboxylic acids is 1. The number of benzene rings is 1. The fourth-order valence-corrected chi connectivity index (χ4v) is 7.27. The van der Waals surface area contributed by atoms with Crippen LogP contribution in [0, 0.1) is 18.4 Å². The number of unbranched alkanes of at least 4 members (excludes halogenated alkanes) is 7. The molecule has 6 atom stereocenters. The van der Waals surface area contributed by atoms with Crippen LogP contribution in [0.4, 0.5) is 10.2 Å². The van der Waals surface area contributed by atoms with Gasteiger partial charge < -0.3 is 25.4 Å². The Morgan fingerprint density at radius 1 is 1.20 bits per heavy atom. The summed E-state index contributed by atoms with van der Waals surface area (Å²) in [6, 6.07) is 7.08. The quantitative estimate of drug-likeness (QED) is 0.0385. The van der Waals surface area contributed by atoms with Gasteiger partial charge in [-0.3, -0.25) is 18.4 Å². The Kier molecular flexibility index (Phi) is 14.4. The molecular weight excluding hydrogens is 686 g/mol. The molecule has 1 saturated heterocycles. The highest BCUT2D eigenvalue weighted by Gasteiger charge is 2.50. The number of imidazole rings is 1. The van der Waals surface area contributed by atoms with Crippen LogP contribution in [0.25, 0.3) is 11.2 Å². The summed E-state index contributed by atoms with van der Waals surface area (Å²) in [5, 5.41) is 23.6. The van der Waals surface area contributed by atoms with Gasteiger partial charge in [0.25, 0.3) is 0 Å². The molecule has 1 aliphatic rings. The van der Waals surface area contributed by atoms with Gasteiger partial charge in [-0.15, -0.1) is 6.42 Å². The summed E-state index contributed by atoms with van der Waals surface area (Å²) >= 11 is 0. The Balaban J connectivity index is 1.47. The highest BCUT2D eigenvalue weighted by Crippen LogP contribution is 2.49. The predicted molar refractivity (Wildman–Crippen MR) is 184 cm³/mol. The first-order valence-corrected chi connectivity index (χ1v) is 18.6. The lowest BCUT2D eigenvalue weighted by atomic mass is 9.99. The van der Waals surface area contributed by atoms with E-state index in [0.717, 1.165) is 25.7 Å². The van der Waals surface area contributed by atoms with Crippen LogP contribution in [-0.4, -0.2) is 78.7 Å².